The summed E-state index contributed by atoms with van der Waals surface area (Å²) in [4.78, 5) is 4.45. The number of rotatable bonds is 5. The largest absolute Gasteiger partial charge is 0.375 e. The first-order valence-electron chi connectivity index (χ1n) is 8.42. The lowest BCUT2D eigenvalue weighted by molar-refractivity contribution is -0.0910. The minimum Gasteiger partial charge on any atom is -0.375 e. The molecule has 1 aromatic rings. The van der Waals surface area contributed by atoms with Gasteiger partial charge in [0.25, 0.3) is 0 Å². The lowest BCUT2D eigenvalue weighted by Gasteiger charge is -2.38. The van der Waals surface area contributed by atoms with E-state index in [9.17, 15) is 0 Å². The van der Waals surface area contributed by atoms with Crippen LogP contribution in [0.1, 0.15) is 64.2 Å². The molecule has 0 bridgehead atoms. The van der Waals surface area contributed by atoms with Gasteiger partial charge < -0.3 is 10.1 Å². The summed E-state index contributed by atoms with van der Waals surface area (Å²) < 4.78 is 8.18. The smallest absolute Gasteiger partial charge is 0.164 e. The molecule has 1 saturated heterocycles. The molecule has 1 unspecified atom stereocenters. The highest BCUT2D eigenvalue weighted by Crippen LogP contribution is 2.43. The van der Waals surface area contributed by atoms with Crippen LogP contribution in [0.5, 0.6) is 0 Å². The molecule has 2 aliphatic rings. The second-order valence-electron chi connectivity index (χ2n) is 7.05. The third kappa shape index (κ3) is 3.64. The average molecular weight is 292 g/mol. The molecule has 1 aromatic heterocycles. The summed E-state index contributed by atoms with van der Waals surface area (Å²) in [6.07, 6.45) is 9.15. The maximum Gasteiger partial charge on any atom is 0.164 e. The zero-order chi connectivity index (χ0) is 14.7. The Hall–Kier alpha value is -0.940. The van der Waals surface area contributed by atoms with E-state index in [0.717, 1.165) is 38.4 Å². The van der Waals surface area contributed by atoms with E-state index >= 15 is 0 Å². The zero-order valence-corrected chi connectivity index (χ0v) is 13.3. The first kappa shape index (κ1) is 15.0. The van der Waals surface area contributed by atoms with Gasteiger partial charge in [0.2, 0.25) is 0 Å². The van der Waals surface area contributed by atoms with Crippen LogP contribution in [0.3, 0.4) is 0 Å². The number of hydrogen-bond donors (Lipinski definition) is 1. The van der Waals surface area contributed by atoms with Crippen LogP contribution in [0.25, 0.3) is 0 Å². The Bertz CT molecular complexity index is 451. The van der Waals surface area contributed by atoms with Gasteiger partial charge in [-0.15, -0.1) is 0 Å². The second-order valence-corrected chi connectivity index (χ2v) is 7.05. The van der Waals surface area contributed by atoms with E-state index < -0.39 is 0 Å². The van der Waals surface area contributed by atoms with Gasteiger partial charge in [0.05, 0.1) is 18.2 Å². The Morgan fingerprint density at radius 2 is 2.24 bits per heavy atom. The van der Waals surface area contributed by atoms with Gasteiger partial charge in [0, 0.05) is 6.61 Å². The highest BCUT2D eigenvalue weighted by atomic mass is 16.5. The van der Waals surface area contributed by atoms with E-state index in [-0.39, 0.29) is 5.60 Å². The van der Waals surface area contributed by atoms with Crippen molar-refractivity contribution in [1.29, 1.82) is 0 Å². The van der Waals surface area contributed by atoms with Crippen LogP contribution in [0.4, 0.5) is 0 Å². The first-order valence-corrected chi connectivity index (χ1v) is 8.42. The molecule has 5 heteroatoms. The molecule has 0 radical (unpaired) electrons. The first-order chi connectivity index (χ1) is 10.2. The molecule has 0 amide bonds. The topological polar surface area (TPSA) is 52.0 Å². The number of ether oxygens (including phenoxy) is 1. The van der Waals surface area contributed by atoms with Crippen LogP contribution in [-0.4, -0.2) is 33.5 Å². The molecule has 1 spiro atoms. The fourth-order valence-corrected chi connectivity index (χ4v) is 3.64. The lowest BCUT2D eigenvalue weighted by atomic mass is 9.89. The van der Waals surface area contributed by atoms with Crippen LogP contribution in [0.15, 0.2) is 6.33 Å². The molecule has 1 saturated carbocycles. The minimum absolute atomic E-state index is 0.144. The van der Waals surface area contributed by atoms with Crippen molar-refractivity contribution in [3.8, 4) is 0 Å². The number of aromatic nitrogens is 3. The Morgan fingerprint density at radius 3 is 3.00 bits per heavy atom. The van der Waals surface area contributed by atoms with E-state index in [4.69, 9.17) is 4.74 Å². The molecular weight excluding hydrogens is 264 g/mol. The molecule has 3 rings (SSSR count). The third-order valence-electron chi connectivity index (χ3n) is 4.75. The molecule has 5 nitrogen and oxygen atoms in total. The molecular formula is C16H28N4O. The van der Waals surface area contributed by atoms with Gasteiger partial charge in [0.15, 0.2) is 5.82 Å². The van der Waals surface area contributed by atoms with Crippen molar-refractivity contribution in [2.45, 2.75) is 70.6 Å². The van der Waals surface area contributed by atoms with Crippen LogP contribution >= 0.6 is 0 Å². The summed E-state index contributed by atoms with van der Waals surface area (Å²) in [6.45, 7) is 7.06. The van der Waals surface area contributed by atoms with Gasteiger partial charge in [0.1, 0.15) is 6.33 Å². The highest BCUT2D eigenvalue weighted by molar-refractivity contribution is 4.94. The number of nitrogens with zero attached hydrogens (tertiary/aromatic N) is 3. The van der Waals surface area contributed by atoms with Gasteiger partial charge in [-0.25, -0.2) is 9.67 Å². The molecule has 1 atom stereocenters. The molecule has 1 aliphatic heterocycles. The predicted molar refractivity (Wildman–Crippen MR) is 82.0 cm³/mol. The summed E-state index contributed by atoms with van der Waals surface area (Å²) in [5.41, 5.74) is 0.144. The summed E-state index contributed by atoms with van der Waals surface area (Å²) in [5.74, 6) is 1.56. The van der Waals surface area contributed by atoms with E-state index in [1.54, 1.807) is 0 Å². The maximum absolute atomic E-state index is 6.10. The van der Waals surface area contributed by atoms with Gasteiger partial charge in [-0.05, 0) is 38.1 Å². The van der Waals surface area contributed by atoms with Crippen molar-refractivity contribution in [2.75, 3.05) is 13.2 Å². The van der Waals surface area contributed by atoms with Gasteiger partial charge in [-0.2, -0.15) is 5.10 Å². The maximum atomic E-state index is 6.10. The number of nitrogens with one attached hydrogen (secondary N) is 1. The fraction of sp³-hybridized carbons (Fsp3) is 0.875. The lowest BCUT2D eigenvalue weighted by Crippen LogP contribution is -2.38. The fourth-order valence-electron chi connectivity index (χ4n) is 3.64. The molecule has 1 N–H and O–H groups in total. The minimum atomic E-state index is 0.144. The molecule has 2 fully saturated rings. The molecule has 2 heterocycles. The van der Waals surface area contributed by atoms with E-state index in [1.165, 1.54) is 25.7 Å². The van der Waals surface area contributed by atoms with E-state index in [1.807, 2.05) is 6.33 Å². The highest BCUT2D eigenvalue weighted by Gasteiger charge is 2.40. The second kappa shape index (κ2) is 6.44. The van der Waals surface area contributed by atoms with Crippen molar-refractivity contribution in [2.24, 2.45) is 5.92 Å². The summed E-state index contributed by atoms with van der Waals surface area (Å²) >= 11 is 0. The third-order valence-corrected chi connectivity index (χ3v) is 4.75. The van der Waals surface area contributed by atoms with Gasteiger partial charge in [-0.1, -0.05) is 26.7 Å². The van der Waals surface area contributed by atoms with Crippen LogP contribution < -0.4 is 5.32 Å². The van der Waals surface area contributed by atoms with Gasteiger partial charge in [-0.3, -0.25) is 0 Å². The van der Waals surface area contributed by atoms with Crippen molar-refractivity contribution in [1.82, 2.24) is 20.1 Å². The molecule has 118 valence electrons. The van der Waals surface area contributed by atoms with Crippen molar-refractivity contribution >= 4 is 0 Å². The van der Waals surface area contributed by atoms with Gasteiger partial charge >= 0.3 is 0 Å². The number of hydrogen-bond acceptors (Lipinski definition) is 4. The van der Waals surface area contributed by atoms with E-state index in [2.05, 4.69) is 33.9 Å². The Kier molecular flexibility index (Phi) is 4.60. The van der Waals surface area contributed by atoms with Crippen LogP contribution in [-0.2, 0) is 11.3 Å². The van der Waals surface area contributed by atoms with Crippen LogP contribution in [0, 0.1) is 5.92 Å². The molecule has 0 aromatic carbocycles. The SMILES string of the molecule is CC(C)CNCc1ncn(C2CCOC3(CCCC3)C2)n1. The van der Waals surface area contributed by atoms with Crippen LogP contribution in [0.2, 0.25) is 0 Å². The van der Waals surface area contributed by atoms with Crippen molar-refractivity contribution in [3.63, 3.8) is 0 Å². The Balaban J connectivity index is 1.57. The Morgan fingerprint density at radius 1 is 1.43 bits per heavy atom. The molecule has 21 heavy (non-hydrogen) atoms. The van der Waals surface area contributed by atoms with Crippen molar-refractivity contribution in [3.05, 3.63) is 12.2 Å². The average Bonchev–Trinajstić information content (AvgIpc) is 3.09. The van der Waals surface area contributed by atoms with E-state index in [0.29, 0.717) is 12.0 Å². The summed E-state index contributed by atoms with van der Waals surface area (Å²) in [6, 6.07) is 0.461. The summed E-state index contributed by atoms with van der Waals surface area (Å²) in [5, 5.41) is 8.08. The monoisotopic (exact) mass is 292 g/mol. The zero-order valence-electron chi connectivity index (χ0n) is 13.3. The summed E-state index contributed by atoms with van der Waals surface area (Å²) in [7, 11) is 0. The predicted octanol–water partition coefficient (Wildman–Crippen LogP) is 2.69. The Labute approximate surface area is 127 Å². The standard InChI is InChI=1S/C16H28N4O/c1-13(2)10-17-11-15-18-12-20(19-15)14-5-8-21-16(9-14)6-3-4-7-16/h12-14,17H,3-11H2,1-2H3. The normalized spacial score (nSPS) is 25.0. The quantitative estimate of drug-likeness (QED) is 0.906. The van der Waals surface area contributed by atoms with Crippen molar-refractivity contribution < 1.29 is 4.74 Å². The molecule has 1 aliphatic carbocycles.